The van der Waals surface area contributed by atoms with Gasteiger partial charge in [-0.05, 0) is 18.4 Å². The number of aryl methyl sites for hydroxylation is 1. The van der Waals surface area contributed by atoms with Gasteiger partial charge in [-0.2, -0.15) is 5.10 Å². The minimum atomic E-state index is 0.630. The van der Waals surface area contributed by atoms with Crippen molar-refractivity contribution in [1.29, 1.82) is 0 Å². The van der Waals surface area contributed by atoms with Crippen LogP contribution in [0.1, 0.15) is 19.4 Å². The van der Waals surface area contributed by atoms with Crippen molar-refractivity contribution in [2.45, 2.75) is 27.3 Å². The van der Waals surface area contributed by atoms with Crippen LogP contribution < -0.4 is 0 Å². The largest absolute Gasteiger partial charge is 0.272 e. The van der Waals surface area contributed by atoms with E-state index in [2.05, 4.69) is 56.3 Å². The molecule has 2 heteroatoms. The second-order valence-electron chi connectivity index (χ2n) is 4.71. The van der Waals surface area contributed by atoms with Gasteiger partial charge in [0.1, 0.15) is 0 Å². The van der Waals surface area contributed by atoms with Crippen molar-refractivity contribution in [3.8, 4) is 11.1 Å². The number of rotatable bonds is 3. The Morgan fingerprint density at radius 3 is 2.44 bits per heavy atom. The number of hydrogen-bond acceptors (Lipinski definition) is 1. The number of aromatic nitrogens is 2. The van der Waals surface area contributed by atoms with Gasteiger partial charge in [0, 0.05) is 18.3 Å². The van der Waals surface area contributed by atoms with Gasteiger partial charge in [-0.25, -0.2) is 0 Å². The smallest absolute Gasteiger partial charge is 0.0568 e. The molecular weight excluding hydrogens is 196 g/mol. The molecule has 84 valence electrons. The van der Waals surface area contributed by atoms with Crippen molar-refractivity contribution in [3.05, 3.63) is 42.2 Å². The van der Waals surface area contributed by atoms with Crippen LogP contribution in [-0.2, 0) is 6.54 Å². The van der Waals surface area contributed by atoms with Gasteiger partial charge in [0.2, 0.25) is 0 Å². The first-order valence-corrected chi connectivity index (χ1v) is 5.74. The van der Waals surface area contributed by atoms with E-state index < -0.39 is 0 Å². The molecule has 2 nitrogen and oxygen atoms in total. The summed E-state index contributed by atoms with van der Waals surface area (Å²) in [6.45, 7) is 7.48. The molecule has 0 unspecified atom stereocenters. The molecule has 0 bridgehead atoms. The maximum atomic E-state index is 4.37. The van der Waals surface area contributed by atoms with Gasteiger partial charge in [-0.3, -0.25) is 4.68 Å². The SMILES string of the molecule is Cc1ccc(-c2cnn(CC(C)C)c2)cc1. The Morgan fingerprint density at radius 2 is 1.81 bits per heavy atom. The summed E-state index contributed by atoms with van der Waals surface area (Å²) < 4.78 is 2.01. The van der Waals surface area contributed by atoms with Gasteiger partial charge < -0.3 is 0 Å². The molecule has 0 N–H and O–H groups in total. The zero-order chi connectivity index (χ0) is 11.5. The summed E-state index contributed by atoms with van der Waals surface area (Å²) in [7, 11) is 0. The van der Waals surface area contributed by atoms with E-state index in [1.54, 1.807) is 0 Å². The fourth-order valence-corrected chi connectivity index (χ4v) is 1.73. The zero-order valence-electron chi connectivity index (χ0n) is 10.1. The molecule has 0 aliphatic rings. The van der Waals surface area contributed by atoms with E-state index in [9.17, 15) is 0 Å². The average Bonchev–Trinajstić information content (AvgIpc) is 2.66. The lowest BCUT2D eigenvalue weighted by Crippen LogP contribution is -2.03. The Kier molecular flexibility index (Phi) is 3.09. The summed E-state index contributed by atoms with van der Waals surface area (Å²) in [4.78, 5) is 0. The predicted molar refractivity (Wildman–Crippen MR) is 67.2 cm³/mol. The Labute approximate surface area is 96.9 Å². The molecule has 0 saturated carbocycles. The maximum absolute atomic E-state index is 4.37. The highest BCUT2D eigenvalue weighted by atomic mass is 15.3. The third-order valence-electron chi connectivity index (χ3n) is 2.57. The summed E-state index contributed by atoms with van der Waals surface area (Å²) >= 11 is 0. The van der Waals surface area contributed by atoms with Gasteiger partial charge in [0.25, 0.3) is 0 Å². The van der Waals surface area contributed by atoms with Crippen molar-refractivity contribution >= 4 is 0 Å². The molecule has 0 atom stereocenters. The lowest BCUT2D eigenvalue weighted by molar-refractivity contribution is 0.483. The van der Waals surface area contributed by atoms with Crippen LogP contribution in [0, 0.1) is 12.8 Å². The second-order valence-corrected chi connectivity index (χ2v) is 4.71. The highest BCUT2D eigenvalue weighted by molar-refractivity contribution is 5.61. The van der Waals surface area contributed by atoms with Crippen LogP contribution in [0.4, 0.5) is 0 Å². The average molecular weight is 214 g/mol. The van der Waals surface area contributed by atoms with E-state index in [-0.39, 0.29) is 0 Å². The molecule has 0 aliphatic heterocycles. The minimum Gasteiger partial charge on any atom is -0.272 e. The normalized spacial score (nSPS) is 11.0. The number of nitrogens with zero attached hydrogens (tertiary/aromatic N) is 2. The Bertz CT molecular complexity index is 452. The van der Waals surface area contributed by atoms with Gasteiger partial charge in [0.05, 0.1) is 6.20 Å². The summed E-state index contributed by atoms with van der Waals surface area (Å²) in [6.07, 6.45) is 4.05. The van der Waals surface area contributed by atoms with Gasteiger partial charge in [0.15, 0.2) is 0 Å². The first-order chi connectivity index (χ1) is 7.65. The summed E-state index contributed by atoms with van der Waals surface area (Å²) in [5, 5.41) is 4.37. The molecule has 16 heavy (non-hydrogen) atoms. The summed E-state index contributed by atoms with van der Waals surface area (Å²) in [6, 6.07) is 8.56. The topological polar surface area (TPSA) is 17.8 Å². The van der Waals surface area contributed by atoms with Crippen molar-refractivity contribution in [3.63, 3.8) is 0 Å². The molecular formula is C14H18N2. The second kappa shape index (κ2) is 4.52. The summed E-state index contributed by atoms with van der Waals surface area (Å²) in [5.74, 6) is 0.630. The fourth-order valence-electron chi connectivity index (χ4n) is 1.73. The van der Waals surface area contributed by atoms with E-state index in [0.717, 1.165) is 6.54 Å². The molecule has 1 aromatic carbocycles. The van der Waals surface area contributed by atoms with Gasteiger partial charge >= 0.3 is 0 Å². The van der Waals surface area contributed by atoms with Crippen LogP contribution in [-0.4, -0.2) is 9.78 Å². The lowest BCUT2D eigenvalue weighted by Gasteiger charge is -2.03. The molecule has 2 aromatic rings. The Hall–Kier alpha value is -1.57. The van der Waals surface area contributed by atoms with E-state index >= 15 is 0 Å². The zero-order valence-corrected chi connectivity index (χ0v) is 10.1. The fraction of sp³-hybridized carbons (Fsp3) is 0.357. The minimum absolute atomic E-state index is 0.630. The van der Waals surface area contributed by atoms with Gasteiger partial charge in [-0.1, -0.05) is 43.7 Å². The molecule has 0 aliphatic carbocycles. The predicted octanol–water partition coefficient (Wildman–Crippen LogP) is 3.51. The molecule has 1 aromatic heterocycles. The van der Waals surface area contributed by atoms with Crippen LogP contribution in [0.2, 0.25) is 0 Å². The lowest BCUT2D eigenvalue weighted by atomic mass is 10.1. The molecule has 0 saturated heterocycles. The van der Waals surface area contributed by atoms with Crippen LogP contribution in [0.25, 0.3) is 11.1 Å². The first kappa shape index (κ1) is 10.9. The van der Waals surface area contributed by atoms with Crippen LogP contribution in [0.3, 0.4) is 0 Å². The van der Waals surface area contributed by atoms with Crippen molar-refractivity contribution < 1.29 is 0 Å². The van der Waals surface area contributed by atoms with E-state index in [1.165, 1.54) is 16.7 Å². The monoisotopic (exact) mass is 214 g/mol. The molecule has 2 rings (SSSR count). The molecule has 0 radical (unpaired) electrons. The molecule has 1 heterocycles. The molecule has 0 spiro atoms. The van der Waals surface area contributed by atoms with Crippen LogP contribution >= 0.6 is 0 Å². The van der Waals surface area contributed by atoms with E-state index in [0.29, 0.717) is 5.92 Å². The highest BCUT2D eigenvalue weighted by Gasteiger charge is 2.02. The van der Waals surface area contributed by atoms with Crippen LogP contribution in [0.5, 0.6) is 0 Å². The van der Waals surface area contributed by atoms with Crippen molar-refractivity contribution in [2.24, 2.45) is 5.92 Å². The third-order valence-corrected chi connectivity index (χ3v) is 2.57. The highest BCUT2D eigenvalue weighted by Crippen LogP contribution is 2.19. The third kappa shape index (κ3) is 2.51. The standard InChI is InChI=1S/C14H18N2/c1-11(2)9-16-10-14(8-15-16)13-6-4-12(3)5-7-13/h4-8,10-11H,9H2,1-3H3. The van der Waals surface area contributed by atoms with Crippen molar-refractivity contribution in [2.75, 3.05) is 0 Å². The number of hydrogen-bond donors (Lipinski definition) is 0. The van der Waals surface area contributed by atoms with E-state index in [1.807, 2.05) is 10.9 Å². The first-order valence-electron chi connectivity index (χ1n) is 5.74. The van der Waals surface area contributed by atoms with E-state index in [4.69, 9.17) is 0 Å². The summed E-state index contributed by atoms with van der Waals surface area (Å²) in [5.41, 5.74) is 3.72. The molecule has 0 fully saturated rings. The molecule has 0 amide bonds. The quantitative estimate of drug-likeness (QED) is 0.764. The maximum Gasteiger partial charge on any atom is 0.0568 e. The van der Waals surface area contributed by atoms with Crippen LogP contribution in [0.15, 0.2) is 36.7 Å². The Balaban J connectivity index is 2.21. The van der Waals surface area contributed by atoms with Gasteiger partial charge in [-0.15, -0.1) is 0 Å². The Morgan fingerprint density at radius 1 is 1.12 bits per heavy atom. The number of benzene rings is 1. The van der Waals surface area contributed by atoms with Crippen molar-refractivity contribution in [1.82, 2.24) is 9.78 Å².